The molecule has 2 aromatic rings. The van der Waals surface area contributed by atoms with E-state index in [9.17, 15) is 14.3 Å². The highest BCUT2D eigenvalue weighted by atomic mass is 79.9. The number of aromatic hydroxyl groups is 1. The lowest BCUT2D eigenvalue weighted by Crippen LogP contribution is -1.96. The van der Waals surface area contributed by atoms with Crippen molar-refractivity contribution in [3.8, 4) is 5.75 Å². The van der Waals surface area contributed by atoms with Gasteiger partial charge in [0.2, 0.25) is 0 Å². The summed E-state index contributed by atoms with van der Waals surface area (Å²) in [4.78, 5) is 11.9. The lowest BCUT2D eigenvalue weighted by atomic mass is 10.1. The molecule has 0 atom stereocenters. The normalized spacial score (nSPS) is 10.8. The SMILES string of the molecule is O=C(C=Cc1ccccc1)c1cc(Br)c(F)cc1O. The van der Waals surface area contributed by atoms with E-state index < -0.39 is 5.82 Å². The van der Waals surface area contributed by atoms with Gasteiger partial charge in [-0.3, -0.25) is 4.79 Å². The van der Waals surface area contributed by atoms with E-state index in [0.29, 0.717) is 0 Å². The maximum atomic E-state index is 13.1. The number of rotatable bonds is 3. The summed E-state index contributed by atoms with van der Waals surface area (Å²) in [5, 5.41) is 9.57. The molecule has 1 N–H and O–H groups in total. The van der Waals surface area contributed by atoms with Crippen molar-refractivity contribution in [3.05, 3.63) is 70.0 Å². The molecule has 0 bridgehead atoms. The Morgan fingerprint density at radius 1 is 1.21 bits per heavy atom. The molecule has 2 rings (SSSR count). The number of hydrogen-bond donors (Lipinski definition) is 1. The lowest BCUT2D eigenvalue weighted by molar-refractivity contribution is 0.104. The number of phenols is 1. The van der Waals surface area contributed by atoms with Gasteiger partial charge in [0.05, 0.1) is 10.0 Å². The Morgan fingerprint density at radius 2 is 1.89 bits per heavy atom. The van der Waals surface area contributed by atoms with Crippen LogP contribution in [-0.4, -0.2) is 10.9 Å². The quantitative estimate of drug-likeness (QED) is 0.680. The molecule has 0 fully saturated rings. The summed E-state index contributed by atoms with van der Waals surface area (Å²) >= 11 is 2.98. The minimum atomic E-state index is -0.610. The van der Waals surface area contributed by atoms with Gasteiger partial charge in [0, 0.05) is 6.07 Å². The number of halogens is 2. The van der Waals surface area contributed by atoms with E-state index in [-0.39, 0.29) is 21.6 Å². The zero-order valence-corrected chi connectivity index (χ0v) is 11.4. The number of hydrogen-bond acceptors (Lipinski definition) is 2. The van der Waals surface area contributed by atoms with E-state index in [4.69, 9.17) is 0 Å². The third-order valence-electron chi connectivity index (χ3n) is 2.53. The maximum absolute atomic E-state index is 13.1. The monoisotopic (exact) mass is 320 g/mol. The predicted molar refractivity (Wildman–Crippen MR) is 75.6 cm³/mol. The molecule has 0 heterocycles. The molecular weight excluding hydrogens is 311 g/mol. The van der Waals surface area contributed by atoms with Crippen molar-refractivity contribution in [2.45, 2.75) is 0 Å². The van der Waals surface area contributed by atoms with Crippen LogP contribution in [0, 0.1) is 5.82 Å². The van der Waals surface area contributed by atoms with Crippen LogP contribution in [0.15, 0.2) is 53.0 Å². The van der Waals surface area contributed by atoms with Crippen molar-refractivity contribution in [3.63, 3.8) is 0 Å². The van der Waals surface area contributed by atoms with Gasteiger partial charge in [0.1, 0.15) is 11.6 Å². The number of carbonyl (C=O) groups is 1. The highest BCUT2D eigenvalue weighted by Gasteiger charge is 2.12. The second-order valence-electron chi connectivity index (χ2n) is 3.89. The third kappa shape index (κ3) is 3.29. The second kappa shape index (κ2) is 5.80. The van der Waals surface area contributed by atoms with E-state index >= 15 is 0 Å². The van der Waals surface area contributed by atoms with Crippen molar-refractivity contribution >= 4 is 27.8 Å². The summed E-state index contributed by atoms with van der Waals surface area (Å²) in [5.41, 5.74) is 0.928. The molecular formula is C15H10BrFO2. The first kappa shape index (κ1) is 13.5. The topological polar surface area (TPSA) is 37.3 Å². The van der Waals surface area contributed by atoms with Gasteiger partial charge in [-0.15, -0.1) is 0 Å². The van der Waals surface area contributed by atoms with Crippen LogP contribution in [-0.2, 0) is 0 Å². The molecule has 19 heavy (non-hydrogen) atoms. The van der Waals surface area contributed by atoms with E-state index in [0.717, 1.165) is 11.6 Å². The fourth-order valence-corrected chi connectivity index (χ4v) is 1.90. The van der Waals surface area contributed by atoms with Gasteiger partial charge in [0.25, 0.3) is 0 Å². The molecule has 0 aromatic heterocycles. The molecule has 0 saturated heterocycles. The summed E-state index contributed by atoms with van der Waals surface area (Å²) in [6, 6.07) is 11.5. The summed E-state index contributed by atoms with van der Waals surface area (Å²) in [7, 11) is 0. The van der Waals surface area contributed by atoms with Crippen molar-refractivity contribution in [2.24, 2.45) is 0 Å². The molecule has 2 nitrogen and oxygen atoms in total. The van der Waals surface area contributed by atoms with Crippen LogP contribution in [0.4, 0.5) is 4.39 Å². The highest BCUT2D eigenvalue weighted by Crippen LogP contribution is 2.26. The van der Waals surface area contributed by atoms with Gasteiger partial charge in [-0.05, 0) is 33.6 Å². The van der Waals surface area contributed by atoms with E-state index in [2.05, 4.69) is 15.9 Å². The number of carbonyl (C=O) groups excluding carboxylic acids is 1. The molecule has 0 aliphatic rings. The van der Waals surface area contributed by atoms with Crippen LogP contribution in [0.3, 0.4) is 0 Å². The lowest BCUT2D eigenvalue weighted by Gasteiger charge is -2.02. The minimum Gasteiger partial charge on any atom is -0.507 e. The minimum absolute atomic E-state index is 0.0560. The molecule has 0 radical (unpaired) electrons. The second-order valence-corrected chi connectivity index (χ2v) is 4.75. The van der Waals surface area contributed by atoms with Gasteiger partial charge >= 0.3 is 0 Å². The number of ketones is 1. The van der Waals surface area contributed by atoms with Crippen molar-refractivity contribution in [1.82, 2.24) is 0 Å². The van der Waals surface area contributed by atoms with Gasteiger partial charge in [0.15, 0.2) is 5.78 Å². The van der Waals surface area contributed by atoms with Gasteiger partial charge in [-0.2, -0.15) is 0 Å². The number of allylic oxidation sites excluding steroid dienone is 1. The fraction of sp³-hybridized carbons (Fsp3) is 0. The summed E-state index contributed by atoms with van der Waals surface area (Å²) in [6.45, 7) is 0. The summed E-state index contributed by atoms with van der Waals surface area (Å²) < 4.78 is 13.3. The maximum Gasteiger partial charge on any atom is 0.189 e. The molecule has 0 aliphatic carbocycles. The van der Waals surface area contributed by atoms with Crippen molar-refractivity contribution in [2.75, 3.05) is 0 Å². The molecule has 0 unspecified atom stereocenters. The Bertz CT molecular complexity index is 636. The average molecular weight is 321 g/mol. The first-order valence-corrected chi connectivity index (χ1v) is 6.32. The fourth-order valence-electron chi connectivity index (χ4n) is 1.56. The molecule has 0 saturated carbocycles. The first-order valence-electron chi connectivity index (χ1n) is 5.53. The molecule has 2 aromatic carbocycles. The Labute approximate surface area is 118 Å². The molecule has 96 valence electrons. The van der Waals surface area contributed by atoms with Crippen molar-refractivity contribution in [1.29, 1.82) is 0 Å². The number of phenolic OH excluding ortho intramolecular Hbond substituents is 1. The zero-order chi connectivity index (χ0) is 13.8. The molecule has 0 spiro atoms. The molecule has 4 heteroatoms. The Kier molecular flexibility index (Phi) is 4.12. The van der Waals surface area contributed by atoms with Crippen LogP contribution in [0.25, 0.3) is 6.08 Å². The van der Waals surface area contributed by atoms with Gasteiger partial charge in [-0.25, -0.2) is 4.39 Å². The Balaban J connectivity index is 2.26. The molecule has 0 aliphatic heterocycles. The van der Waals surface area contributed by atoms with Crippen LogP contribution >= 0.6 is 15.9 Å². The average Bonchev–Trinajstić information content (AvgIpc) is 2.41. The van der Waals surface area contributed by atoms with Gasteiger partial charge < -0.3 is 5.11 Å². The van der Waals surface area contributed by atoms with E-state index in [1.165, 1.54) is 12.1 Å². The predicted octanol–water partition coefficient (Wildman–Crippen LogP) is 4.19. The summed E-state index contributed by atoms with van der Waals surface area (Å²) in [6.07, 6.45) is 2.98. The number of benzene rings is 2. The summed E-state index contributed by atoms with van der Waals surface area (Å²) in [5.74, 6) is -1.37. The largest absolute Gasteiger partial charge is 0.507 e. The smallest absolute Gasteiger partial charge is 0.189 e. The van der Waals surface area contributed by atoms with Crippen LogP contribution in [0.5, 0.6) is 5.75 Å². The van der Waals surface area contributed by atoms with Crippen LogP contribution < -0.4 is 0 Å². The third-order valence-corrected chi connectivity index (χ3v) is 3.14. The molecule has 0 amide bonds. The van der Waals surface area contributed by atoms with E-state index in [1.54, 1.807) is 6.08 Å². The first-order chi connectivity index (χ1) is 9.08. The van der Waals surface area contributed by atoms with Crippen LogP contribution in [0.1, 0.15) is 15.9 Å². The zero-order valence-electron chi connectivity index (χ0n) is 9.81. The Morgan fingerprint density at radius 3 is 2.58 bits per heavy atom. The standard InChI is InChI=1S/C15H10BrFO2/c16-12-8-11(15(19)9-13(12)17)14(18)7-6-10-4-2-1-3-5-10/h1-9,19H. The van der Waals surface area contributed by atoms with Gasteiger partial charge in [-0.1, -0.05) is 36.4 Å². The van der Waals surface area contributed by atoms with Crippen molar-refractivity contribution < 1.29 is 14.3 Å². The van der Waals surface area contributed by atoms with E-state index in [1.807, 2.05) is 30.3 Å². The Hall–Kier alpha value is -1.94. The highest BCUT2D eigenvalue weighted by molar-refractivity contribution is 9.10. The van der Waals surface area contributed by atoms with Crippen LogP contribution in [0.2, 0.25) is 0 Å².